The first kappa shape index (κ1) is 26.5. The molecule has 0 bridgehead atoms. The van der Waals surface area contributed by atoms with Crippen molar-refractivity contribution < 1.29 is 27.4 Å². The van der Waals surface area contributed by atoms with E-state index in [1.165, 1.54) is 37.8 Å². The average molecular weight is 501 g/mol. The maximum atomic E-state index is 15.2. The van der Waals surface area contributed by atoms with Gasteiger partial charge in [0.2, 0.25) is 0 Å². The minimum atomic E-state index is -2.84. The van der Waals surface area contributed by atoms with Crippen molar-refractivity contribution in [2.75, 3.05) is 13.2 Å². The van der Waals surface area contributed by atoms with E-state index >= 15 is 4.39 Å². The van der Waals surface area contributed by atoms with Crippen LogP contribution in [0, 0.1) is 11.7 Å². The molecule has 1 aliphatic heterocycles. The largest absolute Gasteiger partial charge is 0.435 e. The normalized spacial score (nSPS) is 18.1. The van der Waals surface area contributed by atoms with Crippen LogP contribution < -0.4 is 4.74 Å². The maximum absolute atomic E-state index is 15.2. The molecule has 194 valence electrons. The molecule has 3 aromatic rings. The predicted octanol–water partition coefficient (Wildman–Crippen LogP) is 7.87. The third kappa shape index (κ3) is 7.47. The van der Waals surface area contributed by atoms with E-state index in [-0.39, 0.29) is 17.9 Å². The Kier molecular flexibility index (Phi) is 9.65. The Morgan fingerprint density at radius 1 is 0.861 bits per heavy atom. The number of hydrogen-bond donors (Lipinski definition) is 0. The summed E-state index contributed by atoms with van der Waals surface area (Å²) in [5, 5.41) is 1.49. The van der Waals surface area contributed by atoms with E-state index in [4.69, 9.17) is 9.47 Å². The van der Waals surface area contributed by atoms with E-state index in [1.54, 1.807) is 12.1 Å². The van der Waals surface area contributed by atoms with Gasteiger partial charge in [-0.25, -0.2) is 4.39 Å². The lowest BCUT2D eigenvalue weighted by Crippen LogP contribution is -2.32. The molecule has 36 heavy (non-hydrogen) atoms. The molecule has 1 fully saturated rings. The third-order valence-corrected chi connectivity index (χ3v) is 6.85. The van der Waals surface area contributed by atoms with Crippen molar-refractivity contribution in [1.82, 2.24) is 0 Å². The number of fused-ring (bicyclic) bond motifs is 1. The number of benzene rings is 3. The maximum Gasteiger partial charge on any atom is 0.387 e. The molecule has 0 atom stereocenters. The quantitative estimate of drug-likeness (QED) is 0.237. The minimum absolute atomic E-state index is 0.120. The summed E-state index contributed by atoms with van der Waals surface area (Å²) in [5.41, 5.74) is 2.71. The Balaban J connectivity index is 1.29. The van der Waals surface area contributed by atoms with Crippen molar-refractivity contribution >= 4 is 10.8 Å². The van der Waals surface area contributed by atoms with Crippen LogP contribution in [0.2, 0.25) is 0 Å². The van der Waals surface area contributed by atoms with Gasteiger partial charge in [-0.3, -0.25) is 0 Å². The number of unbranched alkanes of at least 4 members (excludes halogenated alkanes) is 2. The molecule has 0 N–H and O–H groups in total. The van der Waals surface area contributed by atoms with Gasteiger partial charge in [0.25, 0.3) is 0 Å². The highest BCUT2D eigenvalue weighted by Gasteiger charge is 2.21. The second-order valence-electron chi connectivity index (χ2n) is 9.61. The zero-order chi connectivity index (χ0) is 25.3. The van der Waals surface area contributed by atoms with E-state index in [2.05, 4.69) is 11.7 Å². The molecule has 0 unspecified atom stereocenters. The Labute approximate surface area is 211 Å². The molecular formula is C30H35F3O3. The average Bonchev–Trinajstić information content (AvgIpc) is 2.88. The van der Waals surface area contributed by atoms with Crippen LogP contribution in [0.15, 0.2) is 54.6 Å². The van der Waals surface area contributed by atoms with Crippen LogP contribution in [0.1, 0.15) is 55.7 Å². The Morgan fingerprint density at radius 3 is 2.33 bits per heavy atom. The summed E-state index contributed by atoms with van der Waals surface area (Å²) in [7, 11) is 0. The van der Waals surface area contributed by atoms with Crippen LogP contribution in [0.25, 0.3) is 10.8 Å². The van der Waals surface area contributed by atoms with Gasteiger partial charge >= 0.3 is 6.61 Å². The van der Waals surface area contributed by atoms with Crippen molar-refractivity contribution in [3.05, 3.63) is 77.1 Å². The number of aryl methyl sites for hydroxylation is 3. The van der Waals surface area contributed by atoms with Gasteiger partial charge in [-0.1, -0.05) is 68.7 Å². The molecule has 3 aromatic carbocycles. The van der Waals surface area contributed by atoms with Crippen LogP contribution in [0.5, 0.6) is 5.75 Å². The molecule has 3 nitrogen and oxygen atoms in total. The topological polar surface area (TPSA) is 27.7 Å². The lowest BCUT2D eigenvalue weighted by Gasteiger charge is -2.29. The first-order valence-electron chi connectivity index (χ1n) is 13.0. The molecule has 6 heteroatoms. The van der Waals surface area contributed by atoms with Crippen LogP contribution in [0.4, 0.5) is 13.2 Å². The molecular weight excluding hydrogens is 465 g/mol. The molecule has 0 amide bonds. The minimum Gasteiger partial charge on any atom is -0.435 e. The number of hydrogen-bond acceptors (Lipinski definition) is 3. The van der Waals surface area contributed by atoms with Gasteiger partial charge in [-0.05, 0) is 59.9 Å². The SMILES string of the molecule is CCCCCC1COC(CCc2ccc3c(F)c(CCc4ccc(OC(F)F)cc4)ccc3c2)OC1. The smallest absolute Gasteiger partial charge is 0.387 e. The van der Waals surface area contributed by atoms with Crippen molar-refractivity contribution in [1.29, 1.82) is 0 Å². The van der Waals surface area contributed by atoms with E-state index in [9.17, 15) is 8.78 Å². The first-order valence-corrected chi connectivity index (χ1v) is 13.0. The molecule has 0 aromatic heterocycles. The van der Waals surface area contributed by atoms with Crippen LogP contribution in [-0.2, 0) is 28.7 Å². The van der Waals surface area contributed by atoms with Crippen LogP contribution in [0.3, 0.4) is 0 Å². The predicted molar refractivity (Wildman–Crippen MR) is 136 cm³/mol. The molecule has 0 saturated carbocycles. The lowest BCUT2D eigenvalue weighted by atomic mass is 9.98. The Hall–Kier alpha value is -2.57. The molecule has 1 saturated heterocycles. The summed E-state index contributed by atoms with van der Waals surface area (Å²) >= 11 is 0. The fourth-order valence-electron chi connectivity index (χ4n) is 4.74. The summed E-state index contributed by atoms with van der Waals surface area (Å²) in [5.74, 6) is 0.420. The van der Waals surface area contributed by atoms with Gasteiger partial charge in [0.15, 0.2) is 6.29 Å². The van der Waals surface area contributed by atoms with Gasteiger partial charge in [-0.15, -0.1) is 0 Å². The summed E-state index contributed by atoms with van der Waals surface area (Å²) in [4.78, 5) is 0. The lowest BCUT2D eigenvalue weighted by molar-refractivity contribution is -0.203. The highest BCUT2D eigenvalue weighted by atomic mass is 19.3. The Morgan fingerprint density at radius 2 is 1.61 bits per heavy atom. The van der Waals surface area contributed by atoms with Gasteiger partial charge in [-0.2, -0.15) is 8.78 Å². The second kappa shape index (κ2) is 13.1. The highest BCUT2D eigenvalue weighted by Crippen LogP contribution is 2.26. The summed E-state index contributed by atoms with van der Waals surface area (Å²) in [6.07, 6.45) is 7.46. The standard InChI is InChI=1S/C30H35F3O3/c1-2-3-4-5-23-19-34-28(35-20-23)17-10-22-9-16-27-25(18-22)13-12-24(29(27)31)11-6-21-7-14-26(15-8-21)36-30(32)33/h7-9,12-16,18,23,28,30H,2-6,10-11,17,19-20H2,1H3. The second-order valence-corrected chi connectivity index (χ2v) is 9.61. The fourth-order valence-corrected chi connectivity index (χ4v) is 4.74. The van der Waals surface area contributed by atoms with Gasteiger partial charge in [0.1, 0.15) is 11.6 Å². The van der Waals surface area contributed by atoms with Crippen LogP contribution >= 0.6 is 0 Å². The molecule has 0 spiro atoms. The zero-order valence-corrected chi connectivity index (χ0v) is 20.9. The summed E-state index contributed by atoms with van der Waals surface area (Å²) < 4.78 is 56.0. The molecule has 0 aliphatic carbocycles. The van der Waals surface area contributed by atoms with E-state index in [1.807, 2.05) is 30.3 Å². The zero-order valence-electron chi connectivity index (χ0n) is 20.9. The molecule has 1 heterocycles. The van der Waals surface area contributed by atoms with Crippen molar-refractivity contribution in [2.45, 2.75) is 71.2 Å². The van der Waals surface area contributed by atoms with Crippen molar-refractivity contribution in [2.24, 2.45) is 5.92 Å². The fraction of sp³-hybridized carbons (Fsp3) is 0.467. The third-order valence-electron chi connectivity index (χ3n) is 6.85. The number of rotatable bonds is 12. The molecule has 4 rings (SSSR count). The van der Waals surface area contributed by atoms with Crippen molar-refractivity contribution in [3.63, 3.8) is 0 Å². The van der Waals surface area contributed by atoms with Crippen molar-refractivity contribution in [3.8, 4) is 5.75 Å². The molecule has 1 aliphatic rings. The number of alkyl halides is 2. The van der Waals surface area contributed by atoms with Gasteiger partial charge in [0, 0.05) is 17.7 Å². The van der Waals surface area contributed by atoms with Crippen LogP contribution in [-0.4, -0.2) is 26.1 Å². The van der Waals surface area contributed by atoms with E-state index in [0.717, 1.165) is 42.6 Å². The summed E-state index contributed by atoms with van der Waals surface area (Å²) in [6.45, 7) is 0.914. The Bertz CT molecular complexity index is 1090. The molecule has 0 radical (unpaired) electrons. The number of ether oxygens (including phenoxy) is 3. The van der Waals surface area contributed by atoms with E-state index in [0.29, 0.717) is 29.7 Å². The first-order chi connectivity index (χ1) is 17.5. The summed E-state index contributed by atoms with van der Waals surface area (Å²) in [6, 6.07) is 16.2. The number of halogens is 3. The van der Waals surface area contributed by atoms with Gasteiger partial charge in [0.05, 0.1) is 13.2 Å². The van der Waals surface area contributed by atoms with E-state index < -0.39 is 6.61 Å². The van der Waals surface area contributed by atoms with Gasteiger partial charge < -0.3 is 14.2 Å². The monoisotopic (exact) mass is 500 g/mol. The highest BCUT2D eigenvalue weighted by molar-refractivity contribution is 5.84.